The maximum Gasteiger partial charge on any atom is 0.270 e. The van der Waals surface area contributed by atoms with Gasteiger partial charge in [-0.3, -0.25) is 10.1 Å². The minimum absolute atomic E-state index is 0.0913. The second-order valence-electron chi connectivity index (χ2n) is 8.13. The summed E-state index contributed by atoms with van der Waals surface area (Å²) < 4.78 is 17.1. The van der Waals surface area contributed by atoms with E-state index in [4.69, 9.17) is 14.2 Å². The molecule has 176 valence electrons. The van der Waals surface area contributed by atoms with E-state index in [1.54, 1.807) is 32.1 Å². The van der Waals surface area contributed by atoms with Gasteiger partial charge in [0.1, 0.15) is 35.8 Å². The van der Waals surface area contributed by atoms with Gasteiger partial charge < -0.3 is 24.6 Å². The molecule has 0 saturated heterocycles. The molecule has 1 heterocycles. The second-order valence-corrected chi connectivity index (χ2v) is 8.13. The monoisotopic (exact) mass is 448 g/mol. The van der Waals surface area contributed by atoms with Crippen LogP contribution in [0.1, 0.15) is 58.1 Å². The molecular formula is C23H32N2O7. The highest BCUT2D eigenvalue weighted by molar-refractivity contribution is 5.48. The molecule has 9 nitrogen and oxygen atoms in total. The van der Waals surface area contributed by atoms with E-state index in [-0.39, 0.29) is 18.9 Å². The maximum atomic E-state index is 11.2. The number of carbonyl (C=O) groups excluding carboxylic acids is 1. The van der Waals surface area contributed by atoms with Gasteiger partial charge in [-0.25, -0.2) is 4.79 Å². The second kappa shape index (κ2) is 12.2. The van der Waals surface area contributed by atoms with Crippen LogP contribution in [0, 0.1) is 10.1 Å². The van der Waals surface area contributed by atoms with Crippen molar-refractivity contribution in [3.05, 3.63) is 51.9 Å². The largest absolute Gasteiger partial charge is 0.494 e. The van der Waals surface area contributed by atoms with Crippen LogP contribution in [0.4, 0.5) is 5.69 Å². The Labute approximate surface area is 188 Å². The molecule has 1 aromatic carbocycles. The number of nitro benzene ring substituents is 1. The number of non-ortho nitro benzene ring substituents is 1. The molecule has 0 saturated carbocycles. The number of benzene rings is 1. The maximum absolute atomic E-state index is 11.2. The molecule has 9 heteroatoms. The standard InChI is InChI=1S/C23H32N2O7/c1-4-5-6-7-13-31-18(16-30-12-8-11-26)15-24-21-19-14-17(25(28)29)9-10-20(19)32-23(2,3)22(21)27/h8-10,14-15,21-22,24,27H,4-7,12-13,16H2,1-3H3/b18-15+/t21-,22+/m0/s1. The van der Waals surface area contributed by atoms with E-state index >= 15 is 0 Å². The van der Waals surface area contributed by atoms with Crippen molar-refractivity contribution < 1.29 is 29.0 Å². The summed E-state index contributed by atoms with van der Waals surface area (Å²) in [5, 5.41) is 25.3. The Morgan fingerprint density at radius 3 is 2.84 bits per heavy atom. The average Bonchev–Trinajstić information content (AvgIpc) is 2.75. The SMILES string of the molecule is CCCCCCO/C(=C/N[C@H]1c2cc([N+](=O)[O-])ccc2OC(C)(C)[C@@H]1O)COCC=C=O. The first-order valence-electron chi connectivity index (χ1n) is 10.8. The van der Waals surface area contributed by atoms with Gasteiger partial charge in [0.05, 0.1) is 24.2 Å². The van der Waals surface area contributed by atoms with Crippen molar-refractivity contribution in [2.75, 3.05) is 19.8 Å². The first-order valence-corrected chi connectivity index (χ1v) is 10.8. The van der Waals surface area contributed by atoms with Gasteiger partial charge >= 0.3 is 0 Å². The van der Waals surface area contributed by atoms with Crippen LogP contribution in [0.3, 0.4) is 0 Å². The van der Waals surface area contributed by atoms with Crippen LogP contribution in [-0.4, -0.2) is 47.5 Å². The normalized spacial score (nSPS) is 19.3. The number of unbranched alkanes of at least 4 members (excludes halogenated alkanes) is 3. The van der Waals surface area contributed by atoms with Gasteiger partial charge in [-0.15, -0.1) is 0 Å². The number of hydrogen-bond donors (Lipinski definition) is 2. The lowest BCUT2D eigenvalue weighted by Crippen LogP contribution is -2.51. The van der Waals surface area contributed by atoms with Gasteiger partial charge in [0.2, 0.25) is 0 Å². The molecule has 0 aliphatic carbocycles. The van der Waals surface area contributed by atoms with E-state index in [0.29, 0.717) is 23.7 Å². The topological polar surface area (TPSA) is 120 Å². The van der Waals surface area contributed by atoms with Gasteiger partial charge in [0, 0.05) is 30.0 Å². The Bertz CT molecular complexity index is 847. The molecule has 0 bridgehead atoms. The highest BCUT2D eigenvalue weighted by atomic mass is 16.6. The van der Waals surface area contributed by atoms with Crippen molar-refractivity contribution in [2.45, 2.75) is 64.2 Å². The first kappa shape index (κ1) is 25.4. The summed E-state index contributed by atoms with van der Waals surface area (Å²) in [4.78, 5) is 21.1. The lowest BCUT2D eigenvalue weighted by molar-refractivity contribution is -0.385. The summed E-state index contributed by atoms with van der Waals surface area (Å²) in [7, 11) is 0. The van der Waals surface area contributed by atoms with Crippen LogP contribution >= 0.6 is 0 Å². The van der Waals surface area contributed by atoms with Gasteiger partial charge in [0.15, 0.2) is 0 Å². The molecule has 0 amide bonds. The predicted molar refractivity (Wildman–Crippen MR) is 119 cm³/mol. The zero-order chi connectivity index (χ0) is 23.6. The number of nitrogens with one attached hydrogen (secondary N) is 1. The number of aliphatic hydroxyl groups is 1. The first-order chi connectivity index (χ1) is 15.3. The summed E-state index contributed by atoms with van der Waals surface area (Å²) >= 11 is 0. The quantitative estimate of drug-likeness (QED) is 0.154. The Hall–Kier alpha value is -2.87. The van der Waals surface area contributed by atoms with Crippen LogP contribution in [0.2, 0.25) is 0 Å². The Morgan fingerprint density at radius 2 is 2.16 bits per heavy atom. The van der Waals surface area contributed by atoms with Crippen molar-refractivity contribution in [2.24, 2.45) is 0 Å². The van der Waals surface area contributed by atoms with Gasteiger partial charge in [-0.2, -0.15) is 0 Å². The molecule has 0 aromatic heterocycles. The number of nitrogens with zero attached hydrogens (tertiary/aromatic N) is 1. The fourth-order valence-electron chi connectivity index (χ4n) is 3.37. The molecule has 0 fully saturated rings. The summed E-state index contributed by atoms with van der Waals surface area (Å²) in [6.07, 6.45) is 6.03. The van der Waals surface area contributed by atoms with E-state index in [1.165, 1.54) is 18.2 Å². The number of ether oxygens (including phenoxy) is 3. The van der Waals surface area contributed by atoms with E-state index in [0.717, 1.165) is 25.7 Å². The molecule has 0 radical (unpaired) electrons. The molecule has 2 N–H and O–H groups in total. The number of nitro groups is 1. The van der Waals surface area contributed by atoms with Crippen LogP contribution in [0.25, 0.3) is 0 Å². The molecule has 2 atom stereocenters. The number of hydrogen-bond acceptors (Lipinski definition) is 8. The number of rotatable bonds is 13. The molecule has 2 rings (SSSR count). The highest BCUT2D eigenvalue weighted by Gasteiger charge is 2.43. The van der Waals surface area contributed by atoms with Crippen molar-refractivity contribution in [1.82, 2.24) is 5.32 Å². The third-order valence-electron chi connectivity index (χ3n) is 5.18. The predicted octanol–water partition coefficient (Wildman–Crippen LogP) is 3.60. The van der Waals surface area contributed by atoms with Crippen molar-refractivity contribution in [3.8, 4) is 5.75 Å². The Kier molecular flexibility index (Phi) is 9.71. The van der Waals surface area contributed by atoms with Gasteiger partial charge in [-0.05, 0) is 26.3 Å². The van der Waals surface area contributed by atoms with Gasteiger partial charge in [0.25, 0.3) is 5.69 Å². The summed E-state index contributed by atoms with van der Waals surface area (Å²) in [6.45, 7) is 6.35. The third-order valence-corrected chi connectivity index (χ3v) is 5.18. The Balaban J connectivity index is 2.21. The van der Waals surface area contributed by atoms with Gasteiger partial charge in [-0.1, -0.05) is 26.2 Å². The molecule has 0 unspecified atom stereocenters. The smallest absolute Gasteiger partial charge is 0.270 e. The third kappa shape index (κ3) is 7.09. The van der Waals surface area contributed by atoms with Crippen LogP contribution < -0.4 is 10.1 Å². The fourth-order valence-corrected chi connectivity index (χ4v) is 3.37. The number of fused-ring (bicyclic) bond motifs is 1. The molecule has 1 aromatic rings. The summed E-state index contributed by atoms with van der Waals surface area (Å²) in [5.74, 6) is 2.61. The van der Waals surface area contributed by atoms with Crippen LogP contribution in [0.5, 0.6) is 5.75 Å². The molecule has 32 heavy (non-hydrogen) atoms. The number of aliphatic hydroxyl groups excluding tert-OH is 1. The van der Waals surface area contributed by atoms with E-state index in [2.05, 4.69) is 12.2 Å². The van der Waals surface area contributed by atoms with E-state index in [1.807, 2.05) is 0 Å². The fraction of sp³-hybridized carbons (Fsp3) is 0.565. The summed E-state index contributed by atoms with van der Waals surface area (Å²) in [6, 6.07) is 3.65. The highest BCUT2D eigenvalue weighted by Crippen LogP contribution is 2.41. The zero-order valence-corrected chi connectivity index (χ0v) is 18.8. The van der Waals surface area contributed by atoms with Crippen molar-refractivity contribution >= 4 is 11.6 Å². The minimum Gasteiger partial charge on any atom is -0.494 e. The molecule has 1 aliphatic rings. The Morgan fingerprint density at radius 1 is 1.38 bits per heavy atom. The van der Waals surface area contributed by atoms with Crippen LogP contribution in [0.15, 0.2) is 36.2 Å². The summed E-state index contributed by atoms with van der Waals surface area (Å²) in [5.41, 5.74) is -0.526. The molecule has 1 aliphatic heterocycles. The van der Waals surface area contributed by atoms with Crippen molar-refractivity contribution in [1.29, 1.82) is 0 Å². The minimum atomic E-state index is -0.988. The zero-order valence-electron chi connectivity index (χ0n) is 18.8. The molecular weight excluding hydrogens is 416 g/mol. The van der Waals surface area contributed by atoms with E-state index < -0.39 is 22.7 Å². The lowest BCUT2D eigenvalue weighted by Gasteiger charge is -2.42. The average molecular weight is 449 g/mol. The van der Waals surface area contributed by atoms with E-state index in [9.17, 15) is 20.0 Å². The molecule has 0 spiro atoms. The van der Waals surface area contributed by atoms with Crippen molar-refractivity contribution in [3.63, 3.8) is 0 Å². The lowest BCUT2D eigenvalue weighted by atomic mass is 9.86. The van der Waals surface area contributed by atoms with Crippen LogP contribution in [-0.2, 0) is 14.3 Å².